The molecule has 0 spiro atoms. The van der Waals surface area contributed by atoms with Crippen LogP contribution in [0, 0.1) is 24.1 Å². The fraction of sp³-hybridized carbons (Fsp3) is 0.389. The fourth-order valence-corrected chi connectivity index (χ4v) is 2.95. The van der Waals surface area contributed by atoms with Crippen LogP contribution in [0.25, 0.3) is 0 Å². The summed E-state index contributed by atoms with van der Waals surface area (Å²) in [6.07, 6.45) is 2.09. The zero-order valence-electron chi connectivity index (χ0n) is 13.7. The van der Waals surface area contributed by atoms with Crippen LogP contribution < -0.4 is 10.2 Å². The molecule has 3 rings (SSSR count). The summed E-state index contributed by atoms with van der Waals surface area (Å²) in [7, 11) is 0. The van der Waals surface area contributed by atoms with Crippen molar-refractivity contribution in [3.8, 4) is 6.07 Å². The van der Waals surface area contributed by atoms with Gasteiger partial charge in [0, 0.05) is 31.2 Å². The zero-order valence-corrected chi connectivity index (χ0v) is 13.7. The molecule has 1 N–H and O–H groups in total. The SMILES string of the molecule is Cc1ccc(N2CCCC(NCc3cc(C#N)ccc3F)C2)nn1. The van der Waals surface area contributed by atoms with Crippen LogP contribution in [0.1, 0.15) is 29.7 Å². The molecule has 1 unspecified atom stereocenters. The first-order valence-electron chi connectivity index (χ1n) is 8.13. The molecule has 0 bridgehead atoms. The number of rotatable bonds is 4. The molecular weight excluding hydrogens is 305 g/mol. The summed E-state index contributed by atoms with van der Waals surface area (Å²) >= 11 is 0. The van der Waals surface area contributed by atoms with E-state index in [-0.39, 0.29) is 11.9 Å². The lowest BCUT2D eigenvalue weighted by molar-refractivity contribution is 0.415. The number of hydrogen-bond acceptors (Lipinski definition) is 5. The van der Waals surface area contributed by atoms with E-state index in [0.29, 0.717) is 17.7 Å². The van der Waals surface area contributed by atoms with Crippen molar-refractivity contribution in [2.24, 2.45) is 0 Å². The Bertz CT molecular complexity index is 738. The zero-order chi connectivity index (χ0) is 16.9. The highest BCUT2D eigenvalue weighted by Gasteiger charge is 2.21. The van der Waals surface area contributed by atoms with Gasteiger partial charge in [-0.25, -0.2) is 4.39 Å². The maximum atomic E-state index is 13.9. The monoisotopic (exact) mass is 325 g/mol. The first-order valence-corrected chi connectivity index (χ1v) is 8.13. The average molecular weight is 325 g/mol. The molecule has 1 aromatic carbocycles. The number of halogens is 1. The van der Waals surface area contributed by atoms with Crippen LogP contribution in [-0.4, -0.2) is 29.3 Å². The van der Waals surface area contributed by atoms with Crippen LogP contribution in [-0.2, 0) is 6.54 Å². The predicted molar refractivity (Wildman–Crippen MR) is 90.0 cm³/mol. The Labute approximate surface area is 141 Å². The van der Waals surface area contributed by atoms with E-state index in [9.17, 15) is 4.39 Å². The molecule has 124 valence electrons. The minimum atomic E-state index is -0.279. The lowest BCUT2D eigenvalue weighted by Crippen LogP contribution is -2.46. The van der Waals surface area contributed by atoms with E-state index in [1.54, 1.807) is 6.07 Å². The highest BCUT2D eigenvalue weighted by atomic mass is 19.1. The van der Waals surface area contributed by atoms with Crippen LogP contribution in [0.3, 0.4) is 0 Å². The van der Waals surface area contributed by atoms with Crippen molar-refractivity contribution in [2.45, 2.75) is 32.4 Å². The fourth-order valence-electron chi connectivity index (χ4n) is 2.95. The number of aromatic nitrogens is 2. The van der Waals surface area contributed by atoms with Gasteiger partial charge < -0.3 is 10.2 Å². The van der Waals surface area contributed by atoms with Crippen LogP contribution in [0.15, 0.2) is 30.3 Å². The van der Waals surface area contributed by atoms with Gasteiger partial charge in [-0.3, -0.25) is 0 Å². The second kappa shape index (κ2) is 7.37. The molecule has 2 aromatic rings. The quantitative estimate of drug-likeness (QED) is 0.936. The molecule has 24 heavy (non-hydrogen) atoms. The number of aryl methyl sites for hydroxylation is 1. The predicted octanol–water partition coefficient (Wildman–Crippen LogP) is 2.55. The number of hydrogen-bond donors (Lipinski definition) is 1. The Balaban J connectivity index is 1.62. The normalized spacial score (nSPS) is 17.5. The molecule has 1 fully saturated rings. The van der Waals surface area contributed by atoms with Crippen LogP contribution in [0.2, 0.25) is 0 Å². The van der Waals surface area contributed by atoms with Gasteiger partial charge in [-0.1, -0.05) is 0 Å². The molecule has 6 heteroatoms. The lowest BCUT2D eigenvalue weighted by Gasteiger charge is -2.33. The van der Waals surface area contributed by atoms with Crippen LogP contribution >= 0.6 is 0 Å². The van der Waals surface area contributed by atoms with E-state index in [1.165, 1.54) is 12.1 Å². The van der Waals surface area contributed by atoms with Gasteiger partial charge in [0.2, 0.25) is 0 Å². The minimum Gasteiger partial charge on any atom is -0.354 e. The van der Waals surface area contributed by atoms with Gasteiger partial charge in [0.05, 0.1) is 17.3 Å². The number of benzene rings is 1. The smallest absolute Gasteiger partial charge is 0.151 e. The third-order valence-electron chi connectivity index (χ3n) is 4.29. The third-order valence-corrected chi connectivity index (χ3v) is 4.29. The molecule has 1 atom stereocenters. The number of nitrogens with one attached hydrogen (secondary N) is 1. The van der Waals surface area contributed by atoms with Gasteiger partial charge in [-0.2, -0.15) is 10.4 Å². The molecule has 2 heterocycles. The average Bonchev–Trinajstić information content (AvgIpc) is 2.62. The summed E-state index contributed by atoms with van der Waals surface area (Å²) in [5, 5.41) is 20.7. The largest absolute Gasteiger partial charge is 0.354 e. The number of nitriles is 1. The van der Waals surface area contributed by atoms with Crippen molar-refractivity contribution in [3.63, 3.8) is 0 Å². The van der Waals surface area contributed by atoms with Gasteiger partial charge in [0.1, 0.15) is 5.82 Å². The molecule has 1 aromatic heterocycles. The van der Waals surface area contributed by atoms with Crippen molar-refractivity contribution >= 4 is 5.82 Å². The molecule has 0 radical (unpaired) electrons. The second-order valence-electron chi connectivity index (χ2n) is 6.12. The molecule has 0 saturated carbocycles. The molecule has 0 amide bonds. The maximum Gasteiger partial charge on any atom is 0.151 e. The molecule has 5 nitrogen and oxygen atoms in total. The van der Waals surface area contributed by atoms with Gasteiger partial charge in [0.15, 0.2) is 5.82 Å². The Morgan fingerprint density at radius 2 is 2.21 bits per heavy atom. The van der Waals surface area contributed by atoms with E-state index >= 15 is 0 Å². The topological polar surface area (TPSA) is 64.8 Å². The minimum absolute atomic E-state index is 0.256. The molecule has 1 aliphatic rings. The molecule has 1 aliphatic heterocycles. The Morgan fingerprint density at radius 3 is 2.96 bits per heavy atom. The lowest BCUT2D eigenvalue weighted by atomic mass is 10.0. The Hall–Kier alpha value is -2.52. The Morgan fingerprint density at radius 1 is 1.33 bits per heavy atom. The molecule has 1 saturated heterocycles. The number of anilines is 1. The summed E-state index contributed by atoms with van der Waals surface area (Å²) in [6.45, 7) is 4.10. The highest BCUT2D eigenvalue weighted by Crippen LogP contribution is 2.18. The van der Waals surface area contributed by atoms with Crippen LogP contribution in [0.4, 0.5) is 10.2 Å². The van der Waals surface area contributed by atoms with E-state index in [0.717, 1.165) is 37.4 Å². The first-order chi connectivity index (χ1) is 11.7. The van der Waals surface area contributed by atoms with Gasteiger partial charge in [-0.05, 0) is 50.1 Å². The summed E-state index contributed by atoms with van der Waals surface area (Å²) < 4.78 is 13.9. The summed E-state index contributed by atoms with van der Waals surface area (Å²) in [5.74, 6) is 0.600. The van der Waals surface area contributed by atoms with E-state index in [2.05, 4.69) is 20.4 Å². The van der Waals surface area contributed by atoms with Crippen molar-refractivity contribution in [3.05, 3.63) is 53.0 Å². The van der Waals surface area contributed by atoms with Crippen LogP contribution in [0.5, 0.6) is 0 Å². The number of piperidine rings is 1. The van der Waals surface area contributed by atoms with Gasteiger partial charge in [0.25, 0.3) is 0 Å². The van der Waals surface area contributed by atoms with Crippen molar-refractivity contribution in [1.82, 2.24) is 15.5 Å². The second-order valence-corrected chi connectivity index (χ2v) is 6.12. The highest BCUT2D eigenvalue weighted by molar-refractivity contribution is 5.38. The van der Waals surface area contributed by atoms with Crippen molar-refractivity contribution < 1.29 is 4.39 Å². The standard InChI is InChI=1S/C18H20FN5/c1-13-4-7-18(23-22-13)24-8-2-3-16(12-24)21-11-15-9-14(10-20)5-6-17(15)19/h4-7,9,16,21H,2-3,8,11-12H2,1H3. The van der Waals surface area contributed by atoms with Gasteiger partial charge >= 0.3 is 0 Å². The number of nitrogens with zero attached hydrogens (tertiary/aromatic N) is 4. The van der Waals surface area contributed by atoms with E-state index < -0.39 is 0 Å². The van der Waals surface area contributed by atoms with E-state index in [1.807, 2.05) is 25.1 Å². The summed E-state index contributed by atoms with van der Waals surface area (Å²) in [4.78, 5) is 2.20. The summed E-state index contributed by atoms with van der Waals surface area (Å²) in [6, 6.07) is 10.7. The Kier molecular flexibility index (Phi) is 5.02. The maximum absolute atomic E-state index is 13.9. The first kappa shape index (κ1) is 16.3. The third kappa shape index (κ3) is 3.87. The van der Waals surface area contributed by atoms with E-state index in [4.69, 9.17) is 5.26 Å². The summed E-state index contributed by atoms with van der Waals surface area (Å²) in [5.41, 5.74) is 1.91. The molecular formula is C18H20FN5. The van der Waals surface area contributed by atoms with Crippen molar-refractivity contribution in [1.29, 1.82) is 5.26 Å². The van der Waals surface area contributed by atoms with Gasteiger partial charge in [-0.15, -0.1) is 5.10 Å². The van der Waals surface area contributed by atoms with Crippen molar-refractivity contribution in [2.75, 3.05) is 18.0 Å². The molecule has 0 aliphatic carbocycles.